The van der Waals surface area contributed by atoms with E-state index >= 15 is 0 Å². The summed E-state index contributed by atoms with van der Waals surface area (Å²) >= 11 is 2.16. The van der Waals surface area contributed by atoms with Crippen LogP contribution in [0.15, 0.2) is 29.4 Å². The first-order valence-corrected chi connectivity index (χ1v) is 13.2. The van der Waals surface area contributed by atoms with Crippen LogP contribution in [-0.2, 0) is 16.1 Å². The maximum Gasteiger partial charge on any atom is 0.341 e. The van der Waals surface area contributed by atoms with Crippen LogP contribution in [-0.4, -0.2) is 44.9 Å². The largest absolute Gasteiger partial charge is 0.482 e. The summed E-state index contributed by atoms with van der Waals surface area (Å²) in [6.07, 6.45) is -0.352. The van der Waals surface area contributed by atoms with Gasteiger partial charge in [0.2, 0.25) is 5.91 Å². The first kappa shape index (κ1) is 27.2. The molecule has 0 radical (unpaired) electrons. The van der Waals surface area contributed by atoms with Crippen molar-refractivity contribution in [1.29, 1.82) is 0 Å². The third-order valence-electron chi connectivity index (χ3n) is 5.26. The Labute approximate surface area is 217 Å². The maximum absolute atomic E-state index is 12.8. The lowest BCUT2D eigenvalue weighted by molar-refractivity contribution is -0.113. The Kier molecular flexibility index (Phi) is 9.10. The third kappa shape index (κ3) is 6.05. The van der Waals surface area contributed by atoms with Gasteiger partial charge < -0.3 is 25.1 Å². The van der Waals surface area contributed by atoms with E-state index in [1.54, 1.807) is 13.8 Å². The molecule has 3 rings (SSSR count). The van der Waals surface area contributed by atoms with Gasteiger partial charge in [-0.25, -0.2) is 4.79 Å². The van der Waals surface area contributed by atoms with Crippen LogP contribution < -0.4 is 15.8 Å². The summed E-state index contributed by atoms with van der Waals surface area (Å²) in [5.74, 6) is -0.255. The molecule has 2 aromatic heterocycles. The number of para-hydroxylation sites is 1. The highest BCUT2D eigenvalue weighted by Gasteiger charge is 2.26. The lowest BCUT2D eigenvalue weighted by Gasteiger charge is -2.17. The summed E-state index contributed by atoms with van der Waals surface area (Å²) in [7, 11) is 0. The molecule has 12 heteroatoms. The molecule has 10 nitrogen and oxygen atoms in total. The van der Waals surface area contributed by atoms with Gasteiger partial charge in [-0.05, 0) is 51.8 Å². The van der Waals surface area contributed by atoms with Crippen LogP contribution in [0.2, 0.25) is 0 Å². The highest BCUT2D eigenvalue weighted by Crippen LogP contribution is 2.34. The third-order valence-corrected chi connectivity index (χ3v) is 7.45. The van der Waals surface area contributed by atoms with Gasteiger partial charge in [0.25, 0.3) is 5.91 Å². The maximum atomic E-state index is 12.8. The van der Waals surface area contributed by atoms with Gasteiger partial charge in [-0.2, -0.15) is 0 Å². The SMILES string of the molecule is CCOC(=O)c1c(NC(=O)CSc2nnc(C(C)Oc3ccccc3C)n2CC)sc(C(N)=O)c1C. The molecule has 0 aliphatic rings. The van der Waals surface area contributed by atoms with Gasteiger partial charge in [-0.15, -0.1) is 21.5 Å². The molecule has 3 N–H and O–H groups in total. The van der Waals surface area contributed by atoms with Crippen molar-refractivity contribution in [1.82, 2.24) is 14.8 Å². The van der Waals surface area contributed by atoms with E-state index in [9.17, 15) is 14.4 Å². The second-order valence-corrected chi connectivity index (χ2v) is 9.76. The number of nitrogens with two attached hydrogens (primary N) is 1. The van der Waals surface area contributed by atoms with Crippen molar-refractivity contribution in [2.75, 3.05) is 17.7 Å². The molecule has 0 aliphatic heterocycles. The molecular formula is C24H29N5O5S2. The fourth-order valence-electron chi connectivity index (χ4n) is 3.52. The second-order valence-electron chi connectivity index (χ2n) is 7.79. The Morgan fingerprint density at radius 3 is 2.56 bits per heavy atom. The van der Waals surface area contributed by atoms with E-state index in [2.05, 4.69) is 15.5 Å². The quantitative estimate of drug-likeness (QED) is 0.278. The van der Waals surface area contributed by atoms with E-state index in [0.717, 1.165) is 22.6 Å². The van der Waals surface area contributed by atoms with Crippen LogP contribution in [0.5, 0.6) is 5.75 Å². The topological polar surface area (TPSA) is 138 Å². The highest BCUT2D eigenvalue weighted by molar-refractivity contribution is 7.99. The number of aromatic nitrogens is 3. The normalized spacial score (nSPS) is 11.7. The Morgan fingerprint density at radius 1 is 1.19 bits per heavy atom. The number of hydrogen-bond acceptors (Lipinski definition) is 9. The fourth-order valence-corrected chi connectivity index (χ4v) is 5.39. The summed E-state index contributed by atoms with van der Waals surface area (Å²) in [6, 6.07) is 7.73. The minimum Gasteiger partial charge on any atom is -0.482 e. The van der Waals surface area contributed by atoms with Crippen molar-refractivity contribution in [3.8, 4) is 5.75 Å². The van der Waals surface area contributed by atoms with Gasteiger partial charge in [-0.1, -0.05) is 30.0 Å². The van der Waals surface area contributed by atoms with E-state index in [1.807, 2.05) is 49.6 Å². The van der Waals surface area contributed by atoms with Crippen molar-refractivity contribution >= 4 is 45.9 Å². The highest BCUT2D eigenvalue weighted by atomic mass is 32.2. The van der Waals surface area contributed by atoms with Crippen molar-refractivity contribution < 1.29 is 23.9 Å². The Bertz CT molecular complexity index is 1270. The molecule has 1 aromatic carbocycles. The Balaban J connectivity index is 1.72. The second kappa shape index (κ2) is 12.0. The van der Waals surface area contributed by atoms with Crippen LogP contribution >= 0.6 is 23.1 Å². The zero-order chi connectivity index (χ0) is 26.4. The number of hydrogen-bond donors (Lipinski definition) is 2. The number of thiophene rings is 1. The molecule has 0 spiro atoms. The average molecular weight is 532 g/mol. The molecule has 2 amide bonds. The predicted molar refractivity (Wildman–Crippen MR) is 139 cm³/mol. The number of carbonyl (C=O) groups is 3. The molecule has 0 saturated carbocycles. The van der Waals surface area contributed by atoms with Crippen molar-refractivity contribution in [3.63, 3.8) is 0 Å². The van der Waals surface area contributed by atoms with Gasteiger partial charge in [0.05, 0.1) is 22.8 Å². The Hall–Kier alpha value is -3.38. The van der Waals surface area contributed by atoms with Crippen LogP contribution in [0.25, 0.3) is 0 Å². The minimum absolute atomic E-state index is 0.0102. The summed E-state index contributed by atoms with van der Waals surface area (Å²) in [4.78, 5) is 37.1. The number of ether oxygens (including phenoxy) is 2. The lowest BCUT2D eigenvalue weighted by atomic mass is 10.1. The van der Waals surface area contributed by atoms with Crippen LogP contribution in [0.4, 0.5) is 5.00 Å². The number of amides is 2. The average Bonchev–Trinajstić information content (AvgIpc) is 3.39. The number of benzene rings is 1. The summed E-state index contributed by atoms with van der Waals surface area (Å²) in [5, 5.41) is 12.0. The number of rotatable bonds is 11. The van der Waals surface area contributed by atoms with Gasteiger partial charge >= 0.3 is 5.97 Å². The van der Waals surface area contributed by atoms with Crippen LogP contribution in [0, 0.1) is 13.8 Å². The zero-order valence-corrected chi connectivity index (χ0v) is 22.4. The first-order chi connectivity index (χ1) is 17.2. The summed E-state index contributed by atoms with van der Waals surface area (Å²) in [5.41, 5.74) is 6.96. The molecular weight excluding hydrogens is 502 g/mol. The molecule has 1 atom stereocenters. The smallest absolute Gasteiger partial charge is 0.341 e. The number of aryl methyl sites for hydroxylation is 1. The number of nitrogens with zero attached hydrogens (tertiary/aromatic N) is 3. The van der Waals surface area contributed by atoms with E-state index in [4.69, 9.17) is 15.2 Å². The molecule has 1 unspecified atom stereocenters. The van der Waals surface area contributed by atoms with Crippen molar-refractivity contribution in [3.05, 3.63) is 51.7 Å². The number of anilines is 1. The molecule has 36 heavy (non-hydrogen) atoms. The predicted octanol–water partition coefficient (Wildman–Crippen LogP) is 4.12. The van der Waals surface area contributed by atoms with E-state index in [1.165, 1.54) is 11.8 Å². The van der Waals surface area contributed by atoms with Gasteiger partial charge in [0.15, 0.2) is 17.1 Å². The first-order valence-electron chi connectivity index (χ1n) is 11.4. The number of carbonyl (C=O) groups excluding carboxylic acids is 3. The van der Waals surface area contributed by atoms with Crippen LogP contribution in [0.1, 0.15) is 63.9 Å². The standard InChI is InChI=1S/C24H29N5O5S2/c1-6-29-21(15(5)34-16-11-9-8-10-13(16)3)27-28-24(29)35-12-17(30)26-22-18(23(32)33-7-2)14(4)19(36-22)20(25)31/h8-11,15H,6-7,12H2,1-5H3,(H2,25,31)(H,26,30). The van der Waals surface area contributed by atoms with Gasteiger partial charge in [0.1, 0.15) is 10.8 Å². The van der Waals surface area contributed by atoms with E-state index in [0.29, 0.717) is 23.1 Å². The molecule has 2 heterocycles. The molecule has 3 aromatic rings. The molecule has 0 aliphatic carbocycles. The van der Waals surface area contributed by atoms with Gasteiger partial charge in [-0.3, -0.25) is 9.59 Å². The van der Waals surface area contributed by atoms with Crippen LogP contribution in [0.3, 0.4) is 0 Å². The number of esters is 1. The minimum atomic E-state index is -0.677. The molecule has 0 fully saturated rings. The molecule has 0 saturated heterocycles. The summed E-state index contributed by atoms with van der Waals surface area (Å²) < 4.78 is 13.1. The summed E-state index contributed by atoms with van der Waals surface area (Å²) in [6.45, 7) is 9.85. The van der Waals surface area contributed by atoms with Crippen molar-refractivity contribution in [2.24, 2.45) is 5.73 Å². The number of primary amides is 1. The van der Waals surface area contributed by atoms with E-state index in [-0.39, 0.29) is 39.8 Å². The zero-order valence-electron chi connectivity index (χ0n) is 20.8. The van der Waals surface area contributed by atoms with Crippen molar-refractivity contribution in [2.45, 2.75) is 52.4 Å². The lowest BCUT2D eigenvalue weighted by Crippen LogP contribution is -2.17. The fraction of sp³-hybridized carbons (Fsp3) is 0.375. The number of thioether (sulfide) groups is 1. The van der Waals surface area contributed by atoms with E-state index < -0.39 is 11.9 Å². The Morgan fingerprint density at radius 2 is 1.92 bits per heavy atom. The number of nitrogens with one attached hydrogen (secondary N) is 1. The molecule has 192 valence electrons. The monoisotopic (exact) mass is 531 g/mol. The molecule has 0 bridgehead atoms. The van der Waals surface area contributed by atoms with Gasteiger partial charge in [0, 0.05) is 6.54 Å².